The molecule has 0 spiro atoms. The Labute approximate surface area is 162 Å². The topological polar surface area (TPSA) is 105 Å². The molecule has 9 heteroatoms. The normalized spacial score (nSPS) is 12.9. The van der Waals surface area contributed by atoms with E-state index in [9.17, 15) is 0 Å². The minimum atomic E-state index is -0.526. The highest BCUT2D eigenvalue weighted by atomic mass is 16.5. The first-order chi connectivity index (χ1) is 13.8. The van der Waals surface area contributed by atoms with Crippen molar-refractivity contribution in [2.24, 2.45) is 5.73 Å². The number of nitrogens with zero attached hydrogens (tertiary/aromatic N) is 6. The van der Waals surface area contributed by atoms with Crippen LogP contribution in [-0.4, -0.2) is 44.9 Å². The first-order valence-electron chi connectivity index (χ1n) is 8.80. The summed E-state index contributed by atoms with van der Waals surface area (Å²) >= 11 is 0. The Bertz CT molecular complexity index is 880. The standard InChI is InChI=1S/C19H21N7O2/c1-21-11-16(13-28-18-9-5-6-10-22-18)26-19(23-24-25-26)17(20)14-27-12-15-7-3-2-4-8-15/h2-10,16-17H,11-14,20H2/t16-,17-/m1/s1. The second-order valence-electron chi connectivity index (χ2n) is 6.06. The number of benzene rings is 1. The molecule has 2 atom stereocenters. The molecule has 0 bridgehead atoms. The van der Waals surface area contributed by atoms with E-state index in [4.69, 9.17) is 21.8 Å². The second-order valence-corrected chi connectivity index (χ2v) is 6.06. The van der Waals surface area contributed by atoms with Crippen LogP contribution in [0, 0.1) is 6.57 Å². The monoisotopic (exact) mass is 379 g/mol. The SMILES string of the molecule is [C-]#[N+]C[C@H](COc1ccccn1)n1nnnc1[C@H](N)COCc1ccccc1. The summed E-state index contributed by atoms with van der Waals surface area (Å²) in [6.07, 6.45) is 1.64. The van der Waals surface area contributed by atoms with Crippen LogP contribution in [0.4, 0.5) is 0 Å². The van der Waals surface area contributed by atoms with Gasteiger partial charge in [0.25, 0.3) is 0 Å². The van der Waals surface area contributed by atoms with Gasteiger partial charge in [0, 0.05) is 12.3 Å². The van der Waals surface area contributed by atoms with Gasteiger partial charge >= 0.3 is 0 Å². The zero-order valence-electron chi connectivity index (χ0n) is 15.3. The molecule has 1 aromatic carbocycles. The second kappa shape index (κ2) is 10.1. The highest BCUT2D eigenvalue weighted by Crippen LogP contribution is 2.16. The predicted octanol–water partition coefficient (Wildman–Crippen LogP) is 1.82. The van der Waals surface area contributed by atoms with Crippen molar-refractivity contribution in [3.63, 3.8) is 0 Å². The minimum absolute atomic E-state index is 0.155. The van der Waals surface area contributed by atoms with Gasteiger partial charge in [-0.1, -0.05) is 36.4 Å². The smallest absolute Gasteiger partial charge is 0.240 e. The fourth-order valence-corrected chi connectivity index (χ4v) is 2.58. The summed E-state index contributed by atoms with van der Waals surface area (Å²) in [7, 11) is 0. The van der Waals surface area contributed by atoms with Crippen LogP contribution >= 0.6 is 0 Å². The average molecular weight is 379 g/mol. The largest absolute Gasteiger partial charge is 0.475 e. The molecule has 2 aromatic heterocycles. The van der Waals surface area contributed by atoms with Crippen molar-refractivity contribution in [1.82, 2.24) is 25.2 Å². The van der Waals surface area contributed by atoms with E-state index in [1.54, 1.807) is 18.3 Å². The van der Waals surface area contributed by atoms with E-state index in [1.165, 1.54) is 4.68 Å². The molecule has 0 saturated carbocycles. The first-order valence-corrected chi connectivity index (χ1v) is 8.80. The molecule has 0 aliphatic heterocycles. The van der Waals surface area contributed by atoms with E-state index in [2.05, 4.69) is 25.4 Å². The Morgan fingerprint density at radius 2 is 1.93 bits per heavy atom. The summed E-state index contributed by atoms with van der Waals surface area (Å²) < 4.78 is 12.9. The van der Waals surface area contributed by atoms with Gasteiger partial charge < -0.3 is 20.1 Å². The van der Waals surface area contributed by atoms with Crippen molar-refractivity contribution >= 4 is 0 Å². The number of aromatic nitrogens is 5. The van der Waals surface area contributed by atoms with Crippen molar-refractivity contribution in [3.8, 4) is 5.88 Å². The summed E-state index contributed by atoms with van der Waals surface area (Å²) in [4.78, 5) is 7.58. The van der Waals surface area contributed by atoms with E-state index in [1.807, 2.05) is 36.4 Å². The summed E-state index contributed by atoms with van der Waals surface area (Å²) in [5.74, 6) is 0.925. The predicted molar refractivity (Wildman–Crippen MR) is 101 cm³/mol. The zero-order chi connectivity index (χ0) is 19.6. The Hall–Kier alpha value is -3.35. The number of hydrogen-bond donors (Lipinski definition) is 1. The first kappa shape index (κ1) is 19.4. The number of rotatable bonds is 10. The lowest BCUT2D eigenvalue weighted by Crippen LogP contribution is -2.28. The molecule has 0 aliphatic carbocycles. The van der Waals surface area contributed by atoms with Crippen LogP contribution in [0.25, 0.3) is 4.85 Å². The van der Waals surface area contributed by atoms with Crippen LogP contribution in [-0.2, 0) is 11.3 Å². The maximum Gasteiger partial charge on any atom is 0.240 e. The summed E-state index contributed by atoms with van der Waals surface area (Å²) in [5.41, 5.74) is 7.29. The van der Waals surface area contributed by atoms with Gasteiger partial charge in [-0.15, -0.1) is 5.10 Å². The molecule has 28 heavy (non-hydrogen) atoms. The fourth-order valence-electron chi connectivity index (χ4n) is 2.58. The molecule has 0 fully saturated rings. The van der Waals surface area contributed by atoms with Crippen LogP contribution in [0.15, 0.2) is 54.7 Å². The Morgan fingerprint density at radius 3 is 2.68 bits per heavy atom. The number of ether oxygens (including phenoxy) is 2. The summed E-state index contributed by atoms with van der Waals surface area (Å²) in [6, 6.07) is 14.3. The third kappa shape index (κ3) is 5.33. The van der Waals surface area contributed by atoms with Gasteiger partial charge in [-0.2, -0.15) is 0 Å². The van der Waals surface area contributed by atoms with Gasteiger partial charge in [0.05, 0.1) is 19.3 Å². The molecule has 3 rings (SSSR count). The van der Waals surface area contributed by atoms with Crippen LogP contribution in [0.1, 0.15) is 23.5 Å². The Kier molecular flexibility index (Phi) is 7.01. The van der Waals surface area contributed by atoms with E-state index in [0.717, 1.165) is 5.56 Å². The van der Waals surface area contributed by atoms with Crippen LogP contribution < -0.4 is 10.5 Å². The van der Waals surface area contributed by atoms with Gasteiger partial charge in [0.2, 0.25) is 12.4 Å². The number of tetrazole rings is 1. The molecule has 2 N–H and O–H groups in total. The molecule has 0 unspecified atom stereocenters. The molecule has 0 radical (unpaired) electrons. The summed E-state index contributed by atoms with van der Waals surface area (Å²) in [5, 5.41) is 11.8. The lowest BCUT2D eigenvalue weighted by Gasteiger charge is -2.17. The summed E-state index contributed by atoms with van der Waals surface area (Å²) in [6.45, 7) is 8.28. The Balaban J connectivity index is 1.61. The van der Waals surface area contributed by atoms with E-state index >= 15 is 0 Å². The van der Waals surface area contributed by atoms with E-state index < -0.39 is 6.04 Å². The van der Waals surface area contributed by atoms with Crippen molar-refractivity contribution in [3.05, 3.63) is 77.5 Å². The molecule has 0 aliphatic rings. The molecular weight excluding hydrogens is 358 g/mol. The van der Waals surface area contributed by atoms with E-state index in [-0.39, 0.29) is 25.8 Å². The van der Waals surface area contributed by atoms with Gasteiger partial charge in [-0.3, -0.25) is 0 Å². The third-order valence-electron chi connectivity index (χ3n) is 3.97. The molecule has 3 aromatic rings. The van der Waals surface area contributed by atoms with Gasteiger partial charge in [-0.25, -0.2) is 16.2 Å². The minimum Gasteiger partial charge on any atom is -0.475 e. The fraction of sp³-hybridized carbons (Fsp3) is 0.316. The number of nitrogens with two attached hydrogens (primary N) is 1. The van der Waals surface area contributed by atoms with E-state index in [0.29, 0.717) is 18.3 Å². The quantitative estimate of drug-likeness (QED) is 0.536. The molecule has 2 heterocycles. The van der Waals surface area contributed by atoms with Crippen molar-refractivity contribution in [2.45, 2.75) is 18.7 Å². The maximum absolute atomic E-state index is 7.22. The molecule has 0 saturated heterocycles. The molecule has 0 amide bonds. The third-order valence-corrected chi connectivity index (χ3v) is 3.97. The highest BCUT2D eigenvalue weighted by molar-refractivity contribution is 5.13. The van der Waals surface area contributed by atoms with Crippen LogP contribution in [0.5, 0.6) is 5.88 Å². The van der Waals surface area contributed by atoms with Crippen LogP contribution in [0.2, 0.25) is 0 Å². The zero-order valence-corrected chi connectivity index (χ0v) is 15.3. The highest BCUT2D eigenvalue weighted by Gasteiger charge is 2.24. The lowest BCUT2D eigenvalue weighted by molar-refractivity contribution is 0.104. The number of hydrogen-bond acceptors (Lipinski definition) is 7. The maximum atomic E-state index is 7.22. The van der Waals surface area contributed by atoms with Gasteiger partial charge in [0.1, 0.15) is 6.61 Å². The molecule has 9 nitrogen and oxygen atoms in total. The molecular formula is C19H21N7O2. The van der Waals surface area contributed by atoms with Gasteiger partial charge in [0.15, 0.2) is 11.9 Å². The average Bonchev–Trinajstić information content (AvgIpc) is 3.22. The Morgan fingerprint density at radius 1 is 1.11 bits per heavy atom. The van der Waals surface area contributed by atoms with Crippen LogP contribution in [0.3, 0.4) is 0 Å². The van der Waals surface area contributed by atoms with Crippen molar-refractivity contribution < 1.29 is 9.47 Å². The van der Waals surface area contributed by atoms with Crippen molar-refractivity contribution in [1.29, 1.82) is 0 Å². The number of pyridine rings is 1. The van der Waals surface area contributed by atoms with Gasteiger partial charge in [-0.05, 0) is 22.1 Å². The van der Waals surface area contributed by atoms with Crippen molar-refractivity contribution in [2.75, 3.05) is 19.8 Å². The molecule has 144 valence electrons. The lowest BCUT2D eigenvalue weighted by atomic mass is 10.2.